The van der Waals surface area contributed by atoms with E-state index in [1.165, 1.54) is 0 Å². The number of benzene rings is 1. The SMILES string of the molecule is CCCCNc1nc(-c2ccc3c(c2)NC(=O)CO3)cs1. The maximum atomic E-state index is 11.4. The summed E-state index contributed by atoms with van der Waals surface area (Å²) in [4.78, 5) is 15.9. The number of fused-ring (bicyclic) bond motifs is 1. The number of amides is 1. The molecule has 2 heterocycles. The Balaban J connectivity index is 1.78. The van der Waals surface area contributed by atoms with Gasteiger partial charge in [-0.05, 0) is 24.6 Å². The number of carbonyl (C=O) groups excluding carboxylic acids is 1. The highest BCUT2D eigenvalue weighted by molar-refractivity contribution is 7.14. The predicted octanol–water partition coefficient (Wildman–Crippen LogP) is 3.35. The summed E-state index contributed by atoms with van der Waals surface area (Å²) in [5.74, 6) is 0.578. The fourth-order valence-electron chi connectivity index (χ4n) is 2.10. The Kier molecular flexibility index (Phi) is 4.06. The molecule has 6 heteroatoms. The number of rotatable bonds is 5. The van der Waals surface area contributed by atoms with E-state index in [0.717, 1.165) is 35.8 Å². The van der Waals surface area contributed by atoms with Gasteiger partial charge in [-0.2, -0.15) is 0 Å². The molecule has 1 amide bonds. The van der Waals surface area contributed by atoms with Crippen LogP contribution in [0.2, 0.25) is 0 Å². The average molecular weight is 303 g/mol. The molecule has 1 aromatic carbocycles. The zero-order valence-corrected chi connectivity index (χ0v) is 12.6. The minimum absolute atomic E-state index is 0.0779. The van der Waals surface area contributed by atoms with E-state index in [1.807, 2.05) is 23.6 Å². The van der Waals surface area contributed by atoms with Gasteiger partial charge in [-0.1, -0.05) is 13.3 Å². The van der Waals surface area contributed by atoms with Crippen molar-refractivity contribution in [2.45, 2.75) is 19.8 Å². The van der Waals surface area contributed by atoms with E-state index in [1.54, 1.807) is 11.3 Å². The van der Waals surface area contributed by atoms with Crippen molar-refractivity contribution in [3.05, 3.63) is 23.6 Å². The topological polar surface area (TPSA) is 63.2 Å². The fraction of sp³-hybridized carbons (Fsp3) is 0.333. The van der Waals surface area contributed by atoms with Gasteiger partial charge in [0.2, 0.25) is 0 Å². The first-order chi connectivity index (χ1) is 10.3. The summed E-state index contributed by atoms with van der Waals surface area (Å²) in [6.45, 7) is 3.19. The van der Waals surface area contributed by atoms with E-state index in [4.69, 9.17) is 4.74 Å². The van der Waals surface area contributed by atoms with Crippen molar-refractivity contribution < 1.29 is 9.53 Å². The first-order valence-corrected chi connectivity index (χ1v) is 7.90. The second-order valence-electron chi connectivity index (χ2n) is 4.87. The molecular weight excluding hydrogens is 286 g/mol. The lowest BCUT2D eigenvalue weighted by Crippen LogP contribution is -2.25. The minimum Gasteiger partial charge on any atom is -0.482 e. The molecule has 0 saturated carbocycles. The van der Waals surface area contributed by atoms with Crippen molar-refractivity contribution in [2.24, 2.45) is 0 Å². The molecule has 3 rings (SSSR count). The van der Waals surface area contributed by atoms with Crippen molar-refractivity contribution in [3.8, 4) is 17.0 Å². The van der Waals surface area contributed by atoms with Crippen molar-refractivity contribution in [2.75, 3.05) is 23.8 Å². The largest absolute Gasteiger partial charge is 0.482 e. The molecule has 110 valence electrons. The lowest BCUT2D eigenvalue weighted by Gasteiger charge is -2.18. The number of nitrogens with zero attached hydrogens (tertiary/aromatic N) is 1. The van der Waals surface area contributed by atoms with E-state index in [9.17, 15) is 4.79 Å². The molecule has 2 aromatic rings. The normalized spacial score (nSPS) is 13.3. The number of unbranched alkanes of at least 4 members (excludes halogenated alkanes) is 1. The van der Waals surface area contributed by atoms with Gasteiger partial charge in [0.25, 0.3) is 5.91 Å². The smallest absolute Gasteiger partial charge is 0.262 e. The highest BCUT2D eigenvalue weighted by Crippen LogP contribution is 2.33. The molecule has 0 atom stereocenters. The minimum atomic E-state index is -0.125. The zero-order chi connectivity index (χ0) is 14.7. The highest BCUT2D eigenvalue weighted by Gasteiger charge is 2.16. The number of carbonyl (C=O) groups is 1. The highest BCUT2D eigenvalue weighted by atomic mass is 32.1. The number of nitrogens with one attached hydrogen (secondary N) is 2. The van der Waals surface area contributed by atoms with Crippen LogP contribution in [-0.4, -0.2) is 24.0 Å². The van der Waals surface area contributed by atoms with Crippen molar-refractivity contribution in [3.63, 3.8) is 0 Å². The molecule has 5 nitrogen and oxygen atoms in total. The number of hydrogen-bond donors (Lipinski definition) is 2. The second-order valence-corrected chi connectivity index (χ2v) is 5.72. The molecule has 0 radical (unpaired) electrons. The molecule has 0 fully saturated rings. The van der Waals surface area contributed by atoms with Gasteiger partial charge in [0.15, 0.2) is 11.7 Å². The van der Waals surface area contributed by atoms with E-state index < -0.39 is 0 Å². The van der Waals surface area contributed by atoms with Crippen LogP contribution in [0.5, 0.6) is 5.75 Å². The lowest BCUT2D eigenvalue weighted by atomic mass is 10.1. The molecule has 0 aliphatic carbocycles. The zero-order valence-electron chi connectivity index (χ0n) is 11.8. The quantitative estimate of drug-likeness (QED) is 0.831. The Morgan fingerprint density at radius 3 is 3.24 bits per heavy atom. The summed E-state index contributed by atoms with van der Waals surface area (Å²) in [6.07, 6.45) is 2.30. The first kappa shape index (κ1) is 13.9. The standard InChI is InChI=1S/C15H17N3O2S/c1-2-3-6-16-15-18-12(9-21-15)10-4-5-13-11(7-10)17-14(19)8-20-13/h4-5,7,9H,2-3,6,8H2,1H3,(H,16,18)(H,17,19). The Morgan fingerprint density at radius 2 is 2.38 bits per heavy atom. The summed E-state index contributed by atoms with van der Waals surface area (Å²) in [6, 6.07) is 5.73. The van der Waals surface area contributed by atoms with Gasteiger partial charge in [0.1, 0.15) is 5.75 Å². The molecule has 0 saturated heterocycles. The maximum Gasteiger partial charge on any atom is 0.262 e. The number of anilines is 2. The van der Waals surface area contributed by atoms with Crippen LogP contribution in [0.4, 0.5) is 10.8 Å². The summed E-state index contributed by atoms with van der Waals surface area (Å²) < 4.78 is 5.36. The molecule has 2 N–H and O–H groups in total. The molecule has 1 aromatic heterocycles. The molecule has 1 aliphatic heterocycles. The van der Waals surface area contributed by atoms with Crippen LogP contribution in [0.3, 0.4) is 0 Å². The Morgan fingerprint density at radius 1 is 1.48 bits per heavy atom. The Bertz CT molecular complexity index is 654. The van der Waals surface area contributed by atoms with E-state index in [-0.39, 0.29) is 12.5 Å². The first-order valence-electron chi connectivity index (χ1n) is 7.02. The van der Waals surface area contributed by atoms with E-state index in [2.05, 4.69) is 22.5 Å². The summed E-state index contributed by atoms with van der Waals surface area (Å²) in [5.41, 5.74) is 2.58. The van der Waals surface area contributed by atoms with Crippen LogP contribution in [0.15, 0.2) is 23.6 Å². The van der Waals surface area contributed by atoms with E-state index >= 15 is 0 Å². The average Bonchev–Trinajstić information content (AvgIpc) is 2.95. The molecule has 0 unspecified atom stereocenters. The second kappa shape index (κ2) is 6.13. The van der Waals surface area contributed by atoms with Gasteiger partial charge in [-0.15, -0.1) is 11.3 Å². The third-order valence-corrected chi connectivity index (χ3v) is 4.02. The van der Waals surface area contributed by atoms with Crippen LogP contribution in [-0.2, 0) is 4.79 Å². The number of ether oxygens (including phenoxy) is 1. The number of aromatic nitrogens is 1. The van der Waals surface area contributed by atoms with Gasteiger partial charge in [-0.25, -0.2) is 4.98 Å². The van der Waals surface area contributed by atoms with Gasteiger partial charge >= 0.3 is 0 Å². The van der Waals surface area contributed by atoms with Crippen LogP contribution >= 0.6 is 11.3 Å². The molecule has 21 heavy (non-hydrogen) atoms. The van der Waals surface area contributed by atoms with Gasteiger partial charge in [0.05, 0.1) is 11.4 Å². The molecule has 1 aliphatic rings. The Labute approximate surface area is 127 Å². The third kappa shape index (κ3) is 3.16. The van der Waals surface area contributed by atoms with Crippen molar-refractivity contribution >= 4 is 28.1 Å². The van der Waals surface area contributed by atoms with Crippen LogP contribution < -0.4 is 15.4 Å². The summed E-state index contributed by atoms with van der Waals surface area (Å²) in [5, 5.41) is 9.08. The van der Waals surface area contributed by atoms with Crippen LogP contribution in [0.25, 0.3) is 11.3 Å². The van der Waals surface area contributed by atoms with Crippen LogP contribution in [0.1, 0.15) is 19.8 Å². The van der Waals surface area contributed by atoms with Crippen molar-refractivity contribution in [1.29, 1.82) is 0 Å². The fourth-order valence-corrected chi connectivity index (χ4v) is 2.85. The van der Waals surface area contributed by atoms with Gasteiger partial charge in [0, 0.05) is 17.5 Å². The maximum absolute atomic E-state index is 11.4. The molecule has 0 bridgehead atoms. The number of hydrogen-bond acceptors (Lipinski definition) is 5. The van der Waals surface area contributed by atoms with Crippen molar-refractivity contribution in [1.82, 2.24) is 4.98 Å². The number of thiazole rings is 1. The van der Waals surface area contributed by atoms with Gasteiger partial charge in [-0.3, -0.25) is 4.79 Å². The monoisotopic (exact) mass is 303 g/mol. The van der Waals surface area contributed by atoms with Gasteiger partial charge < -0.3 is 15.4 Å². The predicted molar refractivity (Wildman–Crippen MR) is 85.1 cm³/mol. The summed E-state index contributed by atoms with van der Waals surface area (Å²) >= 11 is 1.59. The molecule has 0 spiro atoms. The lowest BCUT2D eigenvalue weighted by molar-refractivity contribution is -0.118. The third-order valence-electron chi connectivity index (χ3n) is 3.22. The van der Waals surface area contributed by atoms with E-state index in [0.29, 0.717) is 11.4 Å². The summed E-state index contributed by atoms with van der Waals surface area (Å²) in [7, 11) is 0. The van der Waals surface area contributed by atoms with Crippen LogP contribution in [0, 0.1) is 0 Å². The molecular formula is C15H17N3O2S. The Hall–Kier alpha value is -2.08.